The van der Waals surface area contributed by atoms with Crippen LogP contribution in [0.4, 0.5) is 0 Å². The molecular weight excluding hydrogens is 322 g/mol. The number of rotatable bonds is 4. The van der Waals surface area contributed by atoms with E-state index in [1.807, 2.05) is 6.92 Å². The van der Waals surface area contributed by atoms with Crippen LogP contribution in [0.3, 0.4) is 0 Å². The summed E-state index contributed by atoms with van der Waals surface area (Å²) in [6.45, 7) is 9.86. The molecule has 0 amide bonds. The number of hydrogen-bond acceptors (Lipinski definition) is 2. The fraction of sp³-hybridized carbons (Fsp3) is 0.304. The van der Waals surface area contributed by atoms with E-state index in [0.717, 1.165) is 34.3 Å². The fourth-order valence-corrected chi connectivity index (χ4v) is 3.69. The minimum absolute atomic E-state index is 0.417. The van der Waals surface area contributed by atoms with Crippen molar-refractivity contribution in [2.45, 2.75) is 45.3 Å². The van der Waals surface area contributed by atoms with Crippen LogP contribution in [-0.4, -0.2) is 21.8 Å². The Balaban J connectivity index is 1.70. The first-order chi connectivity index (χ1) is 12.4. The average molecular weight is 347 g/mol. The smallest absolute Gasteiger partial charge is 0.129 e. The first-order valence-corrected chi connectivity index (χ1v) is 9.13. The van der Waals surface area contributed by atoms with Gasteiger partial charge in [0.2, 0.25) is 0 Å². The molecule has 0 radical (unpaired) electrons. The summed E-state index contributed by atoms with van der Waals surface area (Å²) < 4.78 is 6.33. The lowest BCUT2D eigenvalue weighted by atomic mass is 9.92. The van der Waals surface area contributed by atoms with Gasteiger partial charge in [0.25, 0.3) is 0 Å². The lowest BCUT2D eigenvalue weighted by Crippen LogP contribution is -2.33. The Morgan fingerprint density at radius 1 is 1.27 bits per heavy atom. The third kappa shape index (κ3) is 2.82. The van der Waals surface area contributed by atoms with Crippen LogP contribution in [-0.2, 0) is 0 Å². The van der Waals surface area contributed by atoms with Gasteiger partial charge >= 0.3 is 0 Å². The summed E-state index contributed by atoms with van der Waals surface area (Å²) in [5.74, 6) is 0.885. The third-order valence-electron chi connectivity index (χ3n) is 5.36. The standard InChI is InChI=1S/C23H25NO2/c1-14(2)20(25)10-12-23(4)11-9-17-21(26-23)8-6-16-18-13-15(3)5-7-19(18)24-22(16)17/h5-9,11,13,20,24-25H,1,10,12H2,2-4H3. The van der Waals surface area contributed by atoms with Crippen molar-refractivity contribution in [3.8, 4) is 5.75 Å². The zero-order valence-corrected chi connectivity index (χ0v) is 15.6. The predicted octanol–water partition coefficient (Wildman–Crippen LogP) is 5.51. The number of aryl methyl sites for hydroxylation is 1. The van der Waals surface area contributed by atoms with E-state index in [-0.39, 0.29) is 0 Å². The second kappa shape index (κ2) is 6.03. The van der Waals surface area contributed by atoms with Crippen LogP contribution in [0.5, 0.6) is 5.75 Å². The molecule has 2 heterocycles. The van der Waals surface area contributed by atoms with Gasteiger partial charge in [-0.1, -0.05) is 23.8 Å². The largest absolute Gasteiger partial charge is 0.483 e. The molecule has 2 aromatic carbocycles. The molecule has 3 nitrogen and oxygen atoms in total. The molecule has 1 aliphatic heterocycles. The zero-order valence-electron chi connectivity index (χ0n) is 15.6. The van der Waals surface area contributed by atoms with Gasteiger partial charge in [-0.25, -0.2) is 0 Å². The van der Waals surface area contributed by atoms with Crippen molar-refractivity contribution in [3.63, 3.8) is 0 Å². The predicted molar refractivity (Wildman–Crippen MR) is 109 cm³/mol. The number of benzene rings is 2. The summed E-state index contributed by atoms with van der Waals surface area (Å²) >= 11 is 0. The molecule has 0 saturated carbocycles. The number of hydrogen-bond donors (Lipinski definition) is 2. The lowest BCUT2D eigenvalue weighted by molar-refractivity contribution is 0.102. The summed E-state index contributed by atoms with van der Waals surface area (Å²) in [7, 11) is 0. The van der Waals surface area contributed by atoms with E-state index in [9.17, 15) is 5.11 Å². The van der Waals surface area contributed by atoms with Gasteiger partial charge in [0.15, 0.2) is 0 Å². The second-order valence-electron chi connectivity index (χ2n) is 7.72. The summed E-state index contributed by atoms with van der Waals surface area (Å²) in [5.41, 5.74) is 4.98. The van der Waals surface area contributed by atoms with Crippen molar-refractivity contribution >= 4 is 27.9 Å². The molecule has 3 aromatic rings. The Kier molecular flexibility index (Phi) is 3.92. The molecule has 0 bridgehead atoms. The topological polar surface area (TPSA) is 45.2 Å². The van der Waals surface area contributed by atoms with E-state index < -0.39 is 11.7 Å². The van der Waals surface area contributed by atoms with Gasteiger partial charge in [0.05, 0.1) is 11.6 Å². The van der Waals surface area contributed by atoms with Gasteiger partial charge in [-0.2, -0.15) is 0 Å². The zero-order chi connectivity index (χ0) is 18.5. The van der Waals surface area contributed by atoms with Crippen molar-refractivity contribution in [2.24, 2.45) is 0 Å². The molecule has 1 aliphatic rings. The normalized spacial score (nSPS) is 20.2. The maximum atomic E-state index is 10.0. The number of aromatic nitrogens is 1. The second-order valence-corrected chi connectivity index (χ2v) is 7.72. The van der Waals surface area contributed by atoms with Gasteiger partial charge in [-0.15, -0.1) is 0 Å². The lowest BCUT2D eigenvalue weighted by Gasteiger charge is -2.32. The summed E-state index contributed by atoms with van der Waals surface area (Å²) in [4.78, 5) is 3.54. The van der Waals surface area contributed by atoms with Crippen LogP contribution in [0.25, 0.3) is 27.9 Å². The van der Waals surface area contributed by atoms with E-state index in [1.54, 1.807) is 0 Å². The van der Waals surface area contributed by atoms with Gasteiger partial charge in [-0.3, -0.25) is 0 Å². The van der Waals surface area contributed by atoms with E-state index in [0.29, 0.717) is 6.42 Å². The number of nitrogens with one attached hydrogen (secondary N) is 1. The average Bonchev–Trinajstić information content (AvgIpc) is 2.97. The Morgan fingerprint density at radius 2 is 2.08 bits per heavy atom. The van der Waals surface area contributed by atoms with Crippen molar-refractivity contribution < 1.29 is 9.84 Å². The molecular formula is C23H25NO2. The Hall–Kier alpha value is -2.52. The minimum Gasteiger partial charge on any atom is -0.483 e. The number of aromatic amines is 1. The van der Waals surface area contributed by atoms with E-state index >= 15 is 0 Å². The van der Waals surface area contributed by atoms with E-state index in [4.69, 9.17) is 4.74 Å². The van der Waals surface area contributed by atoms with Crippen LogP contribution < -0.4 is 4.74 Å². The molecule has 0 saturated heterocycles. The highest BCUT2D eigenvalue weighted by Crippen LogP contribution is 2.39. The first-order valence-electron chi connectivity index (χ1n) is 9.13. The number of fused-ring (bicyclic) bond motifs is 5. The molecule has 0 aliphatic carbocycles. The molecule has 2 unspecified atom stereocenters. The van der Waals surface area contributed by atoms with E-state index in [1.165, 1.54) is 16.3 Å². The SMILES string of the molecule is C=C(C)C(O)CCC1(C)C=Cc2c(ccc3c2[nH]c2ccc(C)cc23)O1. The van der Waals surface area contributed by atoms with Crippen LogP contribution in [0.15, 0.2) is 48.6 Å². The Bertz CT molecular complexity index is 1040. The summed E-state index contributed by atoms with van der Waals surface area (Å²) in [6.07, 6.45) is 5.15. The highest BCUT2D eigenvalue weighted by molar-refractivity contribution is 6.10. The Labute approximate surface area is 154 Å². The highest BCUT2D eigenvalue weighted by atomic mass is 16.5. The number of ether oxygens (including phenoxy) is 1. The highest BCUT2D eigenvalue weighted by Gasteiger charge is 2.29. The van der Waals surface area contributed by atoms with Crippen molar-refractivity contribution in [1.82, 2.24) is 4.98 Å². The van der Waals surface area contributed by atoms with Crippen molar-refractivity contribution in [2.75, 3.05) is 0 Å². The van der Waals surface area contributed by atoms with Gasteiger partial charge < -0.3 is 14.8 Å². The molecule has 2 atom stereocenters. The van der Waals surface area contributed by atoms with E-state index in [2.05, 4.69) is 67.9 Å². The molecule has 26 heavy (non-hydrogen) atoms. The monoisotopic (exact) mass is 347 g/mol. The minimum atomic E-state index is -0.482. The summed E-state index contributed by atoms with van der Waals surface area (Å²) in [5, 5.41) is 12.5. The van der Waals surface area contributed by atoms with Crippen molar-refractivity contribution in [1.29, 1.82) is 0 Å². The fourth-order valence-electron chi connectivity index (χ4n) is 3.69. The molecule has 1 aromatic heterocycles. The molecule has 3 heteroatoms. The number of aliphatic hydroxyl groups excluding tert-OH is 1. The quantitative estimate of drug-likeness (QED) is 0.611. The maximum Gasteiger partial charge on any atom is 0.129 e. The van der Waals surface area contributed by atoms with Crippen LogP contribution in [0.1, 0.15) is 37.8 Å². The van der Waals surface area contributed by atoms with Gasteiger partial charge in [0.1, 0.15) is 11.4 Å². The van der Waals surface area contributed by atoms with Crippen LogP contribution in [0.2, 0.25) is 0 Å². The molecule has 4 rings (SSSR count). The maximum absolute atomic E-state index is 10.0. The molecule has 0 spiro atoms. The number of H-pyrrole nitrogens is 1. The molecule has 0 fully saturated rings. The summed E-state index contributed by atoms with van der Waals surface area (Å²) in [6, 6.07) is 10.7. The first kappa shape index (κ1) is 16.9. The number of aliphatic hydroxyl groups is 1. The van der Waals surface area contributed by atoms with Gasteiger partial charge in [0, 0.05) is 21.9 Å². The van der Waals surface area contributed by atoms with Crippen LogP contribution in [0, 0.1) is 6.92 Å². The van der Waals surface area contributed by atoms with Crippen molar-refractivity contribution in [3.05, 3.63) is 59.7 Å². The Morgan fingerprint density at radius 3 is 2.85 bits per heavy atom. The molecule has 2 N–H and O–H groups in total. The van der Waals surface area contributed by atoms with Gasteiger partial charge in [-0.05, 0) is 70.0 Å². The molecule has 134 valence electrons. The third-order valence-corrected chi connectivity index (χ3v) is 5.36. The van der Waals surface area contributed by atoms with Crippen LogP contribution >= 0.6 is 0 Å².